The molecule has 0 radical (unpaired) electrons. The summed E-state index contributed by atoms with van der Waals surface area (Å²) in [7, 11) is 0. The molecule has 5 N–H and O–H groups in total. The van der Waals surface area contributed by atoms with E-state index in [0.717, 1.165) is 101 Å². The van der Waals surface area contributed by atoms with Gasteiger partial charge in [0.2, 0.25) is 5.91 Å². The molecule has 2 aromatic carbocycles. The summed E-state index contributed by atoms with van der Waals surface area (Å²) in [5.74, 6) is 1.22. The SMILES string of the molecule is N=C(N)CCCCCC1CCC(n2cc3c(nc2=O)Nc2cc(C4CCN(C(=O)CN(Cc5ccc(F)c(F)c5)C5CCNCC5)CC4)ccc2O3)CC1. The number of fused-ring (bicyclic) bond motifs is 2. The van der Waals surface area contributed by atoms with E-state index in [1.54, 1.807) is 10.6 Å². The zero-order valence-electron chi connectivity index (χ0n) is 31.1. The van der Waals surface area contributed by atoms with Crippen LogP contribution in [0, 0.1) is 23.0 Å². The molecule has 1 amide bonds. The standard InChI is InChI=1S/C41H54F2N8O3/c42-33-12-8-28(22-34(33)43)24-50(31-14-18-46-19-15-31)26-39(52)49-20-16-29(17-21-49)30-9-13-36-35(23-30)47-40-37(54-36)25-51(41(53)48-40)32-10-6-27(7-11-32)4-2-1-3-5-38(44)45/h8-9,12-13,22-23,25,27,29,31-32,46H,1-7,10-11,14-21,24,26H2,(H3,44,45)(H,47,48,53). The molecule has 1 aromatic heterocycles. The zero-order valence-corrected chi connectivity index (χ0v) is 31.1. The van der Waals surface area contributed by atoms with E-state index in [2.05, 4.69) is 32.7 Å². The number of nitrogens with two attached hydrogens (primary N) is 1. The molecular formula is C41H54F2N8O3. The first kappa shape index (κ1) is 37.9. The number of piperidine rings is 2. The molecule has 11 nitrogen and oxygen atoms in total. The third kappa shape index (κ3) is 9.29. The van der Waals surface area contributed by atoms with Crippen molar-refractivity contribution in [3.05, 3.63) is 75.8 Å². The minimum Gasteiger partial charge on any atom is -0.450 e. The number of hydrogen-bond donors (Lipinski definition) is 4. The number of amides is 1. The maximum Gasteiger partial charge on any atom is 0.350 e. The summed E-state index contributed by atoms with van der Waals surface area (Å²) in [4.78, 5) is 35.3. The number of likely N-dealkylation sites (tertiary alicyclic amines) is 1. The fraction of sp³-hybridized carbons (Fsp3) is 0.561. The third-order valence-corrected chi connectivity index (χ3v) is 12.0. The van der Waals surface area contributed by atoms with Crippen molar-refractivity contribution in [2.24, 2.45) is 11.7 Å². The highest BCUT2D eigenvalue weighted by molar-refractivity contribution is 5.78. The second kappa shape index (κ2) is 17.4. The van der Waals surface area contributed by atoms with Crippen molar-refractivity contribution in [3.8, 4) is 11.5 Å². The molecule has 3 aromatic rings. The molecule has 1 saturated carbocycles. The second-order valence-electron chi connectivity index (χ2n) is 15.7. The van der Waals surface area contributed by atoms with E-state index in [9.17, 15) is 18.4 Å². The van der Waals surface area contributed by atoms with Crippen molar-refractivity contribution < 1.29 is 18.3 Å². The molecule has 7 rings (SSSR count). The quantitative estimate of drug-likeness (QED) is 0.0655. The van der Waals surface area contributed by atoms with E-state index < -0.39 is 11.6 Å². The number of ether oxygens (including phenoxy) is 1. The summed E-state index contributed by atoms with van der Waals surface area (Å²) in [6.07, 6.45) is 14.5. The zero-order chi connectivity index (χ0) is 37.6. The van der Waals surface area contributed by atoms with Crippen LogP contribution < -0.4 is 26.8 Å². The minimum atomic E-state index is -0.867. The molecule has 0 spiro atoms. The van der Waals surface area contributed by atoms with Gasteiger partial charge in [-0.25, -0.2) is 13.6 Å². The molecule has 0 unspecified atom stereocenters. The highest BCUT2D eigenvalue weighted by Gasteiger charge is 2.30. The van der Waals surface area contributed by atoms with Crippen LogP contribution in [0.2, 0.25) is 0 Å². The molecule has 3 aliphatic heterocycles. The lowest BCUT2D eigenvalue weighted by Crippen LogP contribution is -2.49. The number of aromatic nitrogens is 2. The van der Waals surface area contributed by atoms with Crippen LogP contribution in [0.3, 0.4) is 0 Å². The first-order valence-corrected chi connectivity index (χ1v) is 19.9. The normalized spacial score (nSPS) is 20.5. The van der Waals surface area contributed by atoms with Crippen LogP contribution in [0.1, 0.15) is 107 Å². The molecule has 4 heterocycles. The average Bonchev–Trinajstić information content (AvgIpc) is 3.18. The number of carbonyl (C=O) groups excluding carboxylic acids is 1. The van der Waals surface area contributed by atoms with Gasteiger partial charge in [-0.2, -0.15) is 4.98 Å². The molecule has 1 aliphatic carbocycles. The van der Waals surface area contributed by atoms with E-state index in [-0.39, 0.29) is 42.0 Å². The van der Waals surface area contributed by atoms with Crippen molar-refractivity contribution in [2.45, 2.75) is 108 Å². The molecule has 54 heavy (non-hydrogen) atoms. The van der Waals surface area contributed by atoms with Crippen LogP contribution in [0.25, 0.3) is 0 Å². The minimum absolute atomic E-state index is 0.0638. The van der Waals surface area contributed by atoms with Gasteiger partial charge in [0.15, 0.2) is 29.0 Å². The number of rotatable bonds is 13. The summed E-state index contributed by atoms with van der Waals surface area (Å²) in [6.45, 7) is 3.66. The Bertz CT molecular complexity index is 1850. The molecule has 13 heteroatoms. The van der Waals surface area contributed by atoms with Gasteiger partial charge in [-0.1, -0.05) is 31.4 Å². The van der Waals surface area contributed by atoms with Gasteiger partial charge in [-0.15, -0.1) is 0 Å². The van der Waals surface area contributed by atoms with Crippen molar-refractivity contribution in [1.82, 2.24) is 24.7 Å². The van der Waals surface area contributed by atoms with E-state index in [4.69, 9.17) is 15.9 Å². The van der Waals surface area contributed by atoms with E-state index >= 15 is 0 Å². The van der Waals surface area contributed by atoms with Gasteiger partial charge in [0.05, 0.1) is 24.3 Å². The summed E-state index contributed by atoms with van der Waals surface area (Å²) >= 11 is 0. The Labute approximate surface area is 316 Å². The van der Waals surface area contributed by atoms with Crippen molar-refractivity contribution in [2.75, 3.05) is 38.0 Å². The predicted molar refractivity (Wildman–Crippen MR) is 206 cm³/mol. The summed E-state index contributed by atoms with van der Waals surface area (Å²) in [5.41, 5.74) is 7.80. The van der Waals surface area contributed by atoms with Gasteiger partial charge in [-0.05, 0) is 118 Å². The Kier molecular flexibility index (Phi) is 12.2. The Morgan fingerprint density at radius 1 is 0.944 bits per heavy atom. The number of nitrogens with zero attached hydrogens (tertiary/aromatic N) is 4. The molecule has 0 bridgehead atoms. The fourth-order valence-corrected chi connectivity index (χ4v) is 8.84. The topological polar surface area (TPSA) is 142 Å². The van der Waals surface area contributed by atoms with Gasteiger partial charge in [0.25, 0.3) is 0 Å². The third-order valence-electron chi connectivity index (χ3n) is 12.0. The van der Waals surface area contributed by atoms with Crippen molar-refractivity contribution in [3.63, 3.8) is 0 Å². The van der Waals surface area contributed by atoms with Crippen LogP contribution in [-0.2, 0) is 11.3 Å². The van der Waals surface area contributed by atoms with Gasteiger partial charge < -0.3 is 26.0 Å². The van der Waals surface area contributed by atoms with Gasteiger partial charge in [-0.3, -0.25) is 19.7 Å². The highest BCUT2D eigenvalue weighted by Crippen LogP contribution is 2.43. The van der Waals surface area contributed by atoms with Crippen molar-refractivity contribution in [1.29, 1.82) is 5.41 Å². The highest BCUT2D eigenvalue weighted by atomic mass is 19.2. The maximum absolute atomic E-state index is 14.0. The second-order valence-corrected chi connectivity index (χ2v) is 15.7. The first-order chi connectivity index (χ1) is 26.2. The van der Waals surface area contributed by atoms with Crippen LogP contribution in [0.5, 0.6) is 11.5 Å². The Morgan fingerprint density at radius 3 is 2.46 bits per heavy atom. The lowest BCUT2D eigenvalue weighted by atomic mass is 9.83. The molecule has 290 valence electrons. The van der Waals surface area contributed by atoms with Crippen molar-refractivity contribution >= 4 is 23.2 Å². The summed E-state index contributed by atoms with van der Waals surface area (Å²) in [6, 6.07) is 10.4. The largest absolute Gasteiger partial charge is 0.450 e. The number of unbranched alkanes of at least 4 members (excludes halogenated alkanes) is 2. The van der Waals surface area contributed by atoms with Crippen LogP contribution in [-0.4, -0.2) is 69.9 Å². The molecule has 0 atom stereocenters. The summed E-state index contributed by atoms with van der Waals surface area (Å²) in [5, 5.41) is 14.1. The molecule has 2 saturated heterocycles. The van der Waals surface area contributed by atoms with Crippen LogP contribution >= 0.6 is 0 Å². The molecule has 3 fully saturated rings. The number of carbonyl (C=O) groups is 1. The number of hydrogen-bond acceptors (Lipinski definition) is 8. The lowest BCUT2D eigenvalue weighted by Gasteiger charge is -2.37. The first-order valence-electron chi connectivity index (χ1n) is 19.9. The van der Waals surface area contributed by atoms with Gasteiger partial charge in [0.1, 0.15) is 0 Å². The smallest absolute Gasteiger partial charge is 0.350 e. The monoisotopic (exact) mass is 744 g/mol. The predicted octanol–water partition coefficient (Wildman–Crippen LogP) is 6.95. The Hall–Kier alpha value is -4.36. The fourth-order valence-electron chi connectivity index (χ4n) is 8.84. The van der Waals surface area contributed by atoms with Crippen LogP contribution in [0.4, 0.5) is 20.3 Å². The van der Waals surface area contributed by atoms with Crippen LogP contribution in [0.15, 0.2) is 47.4 Å². The van der Waals surface area contributed by atoms with E-state index in [1.165, 1.54) is 12.5 Å². The van der Waals surface area contributed by atoms with Gasteiger partial charge >= 0.3 is 5.69 Å². The van der Waals surface area contributed by atoms with E-state index in [1.807, 2.05) is 17.2 Å². The molecule has 4 aliphatic rings. The number of halogens is 2. The maximum atomic E-state index is 14.0. The summed E-state index contributed by atoms with van der Waals surface area (Å²) < 4.78 is 35.7. The lowest BCUT2D eigenvalue weighted by molar-refractivity contribution is -0.134. The molecular weight excluding hydrogens is 690 g/mol. The van der Waals surface area contributed by atoms with Gasteiger partial charge in [0, 0.05) is 38.1 Å². The number of anilines is 2. The average molecular weight is 745 g/mol. The van der Waals surface area contributed by atoms with E-state index in [0.29, 0.717) is 54.9 Å². The number of nitrogens with one attached hydrogen (secondary N) is 3. The number of benzene rings is 2. The number of amidine groups is 1. The Balaban J connectivity index is 0.919. The Morgan fingerprint density at radius 2 is 1.72 bits per heavy atom.